The number of aromatic nitrogens is 1. The third-order valence-electron chi connectivity index (χ3n) is 5.13. The minimum atomic E-state index is -0.0317. The van der Waals surface area contributed by atoms with E-state index in [1.165, 1.54) is 16.8 Å². The largest absolute Gasteiger partial charge is 0.367 e. The third kappa shape index (κ3) is 4.06. The van der Waals surface area contributed by atoms with Gasteiger partial charge in [-0.2, -0.15) is 0 Å². The molecule has 0 radical (unpaired) electrons. The normalized spacial score (nSPS) is 13.1. The van der Waals surface area contributed by atoms with Gasteiger partial charge < -0.3 is 10.2 Å². The molecule has 1 aromatic heterocycles. The summed E-state index contributed by atoms with van der Waals surface area (Å²) >= 11 is 0. The van der Waals surface area contributed by atoms with Gasteiger partial charge in [0.15, 0.2) is 0 Å². The Labute approximate surface area is 166 Å². The van der Waals surface area contributed by atoms with Crippen molar-refractivity contribution in [2.24, 2.45) is 0 Å². The zero-order valence-corrected chi connectivity index (χ0v) is 16.4. The summed E-state index contributed by atoms with van der Waals surface area (Å²) in [7, 11) is 0. The number of pyridine rings is 1. The smallest absolute Gasteiger partial charge is 0.221 e. The number of benzene rings is 2. The van der Waals surface area contributed by atoms with Gasteiger partial charge in [0.2, 0.25) is 5.91 Å². The van der Waals surface area contributed by atoms with Crippen molar-refractivity contribution in [3.05, 3.63) is 77.5 Å². The summed E-state index contributed by atoms with van der Waals surface area (Å²) in [5.41, 5.74) is 7.93. The van der Waals surface area contributed by atoms with Gasteiger partial charge in [-0.15, -0.1) is 0 Å². The Morgan fingerprint density at radius 3 is 2.68 bits per heavy atom. The molecule has 0 saturated carbocycles. The predicted molar refractivity (Wildman–Crippen MR) is 115 cm³/mol. The minimum absolute atomic E-state index is 0.0317. The van der Waals surface area contributed by atoms with Crippen molar-refractivity contribution in [1.82, 2.24) is 4.98 Å². The van der Waals surface area contributed by atoms with Crippen molar-refractivity contribution in [3.63, 3.8) is 0 Å². The zero-order valence-electron chi connectivity index (χ0n) is 16.4. The predicted octanol–water partition coefficient (Wildman–Crippen LogP) is 4.97. The molecule has 2 heterocycles. The average molecular weight is 371 g/mol. The van der Waals surface area contributed by atoms with Crippen LogP contribution < -0.4 is 10.2 Å². The number of anilines is 2. The topological polar surface area (TPSA) is 45.2 Å². The lowest BCUT2D eigenvalue weighted by Gasteiger charge is -2.32. The van der Waals surface area contributed by atoms with Crippen molar-refractivity contribution in [2.45, 2.75) is 33.2 Å². The Hall–Kier alpha value is -3.14. The van der Waals surface area contributed by atoms with Gasteiger partial charge in [-0.05, 0) is 61.2 Å². The molecule has 4 nitrogen and oxygen atoms in total. The summed E-state index contributed by atoms with van der Waals surface area (Å²) < 4.78 is 0. The van der Waals surface area contributed by atoms with Gasteiger partial charge in [-0.1, -0.05) is 30.3 Å². The maximum atomic E-state index is 11.3. The third-order valence-corrected chi connectivity index (χ3v) is 5.13. The highest BCUT2D eigenvalue weighted by Gasteiger charge is 2.17. The van der Waals surface area contributed by atoms with Gasteiger partial charge >= 0.3 is 0 Å². The van der Waals surface area contributed by atoms with Gasteiger partial charge in [0, 0.05) is 42.6 Å². The maximum absolute atomic E-state index is 11.3. The van der Waals surface area contributed by atoms with Gasteiger partial charge in [0.1, 0.15) is 0 Å². The van der Waals surface area contributed by atoms with Crippen LogP contribution in [0.25, 0.3) is 11.3 Å². The molecule has 1 aliphatic rings. The number of amides is 1. The minimum Gasteiger partial charge on any atom is -0.367 e. The van der Waals surface area contributed by atoms with E-state index < -0.39 is 0 Å². The van der Waals surface area contributed by atoms with E-state index >= 15 is 0 Å². The molecular weight excluding hydrogens is 346 g/mol. The molecular formula is C24H25N3O. The molecule has 0 saturated heterocycles. The Morgan fingerprint density at radius 1 is 1.11 bits per heavy atom. The van der Waals surface area contributed by atoms with E-state index in [0.29, 0.717) is 0 Å². The molecule has 0 spiro atoms. The summed E-state index contributed by atoms with van der Waals surface area (Å²) in [6.45, 7) is 5.49. The number of aryl methyl sites for hydroxylation is 2. The van der Waals surface area contributed by atoms with Gasteiger partial charge in [0.25, 0.3) is 0 Å². The fourth-order valence-electron chi connectivity index (χ4n) is 3.83. The number of nitrogens with one attached hydrogen (secondary N) is 1. The molecule has 28 heavy (non-hydrogen) atoms. The summed E-state index contributed by atoms with van der Waals surface area (Å²) in [4.78, 5) is 18.3. The second-order valence-corrected chi connectivity index (χ2v) is 7.41. The van der Waals surface area contributed by atoms with Crippen molar-refractivity contribution in [2.75, 3.05) is 16.8 Å². The molecule has 4 rings (SSSR count). The van der Waals surface area contributed by atoms with Crippen molar-refractivity contribution in [3.8, 4) is 11.3 Å². The van der Waals surface area contributed by atoms with Crippen LogP contribution >= 0.6 is 0 Å². The Balaban J connectivity index is 1.51. The van der Waals surface area contributed by atoms with Crippen LogP contribution in [0.2, 0.25) is 0 Å². The molecule has 0 atom stereocenters. The number of fused-ring (bicyclic) bond motifs is 1. The molecule has 1 amide bonds. The molecule has 0 unspecified atom stereocenters. The lowest BCUT2D eigenvalue weighted by molar-refractivity contribution is -0.114. The molecule has 0 bridgehead atoms. The number of hydrogen-bond acceptors (Lipinski definition) is 3. The number of rotatable bonds is 4. The average Bonchev–Trinajstić information content (AvgIpc) is 2.68. The number of hydrogen-bond donors (Lipinski definition) is 1. The molecule has 142 valence electrons. The van der Waals surface area contributed by atoms with Crippen molar-refractivity contribution >= 4 is 17.3 Å². The summed E-state index contributed by atoms with van der Waals surface area (Å²) in [6, 6.07) is 21.0. The lowest BCUT2D eigenvalue weighted by atomic mass is 10.00. The number of carbonyl (C=O) groups is 1. The van der Waals surface area contributed by atoms with Gasteiger partial charge in [-0.25, -0.2) is 0 Å². The van der Waals surface area contributed by atoms with Gasteiger partial charge in [-0.3, -0.25) is 9.78 Å². The highest BCUT2D eigenvalue weighted by Crippen LogP contribution is 2.31. The second kappa shape index (κ2) is 7.85. The standard InChI is InChI=1S/C24H25N3O/c1-17-5-3-7-23(25-17)20-10-8-19(9-11-20)16-27-14-4-6-21-15-22(26-18(2)28)12-13-24(21)27/h3,5,7-13,15H,4,6,14,16H2,1-2H3,(H,26,28). The van der Waals surface area contributed by atoms with Gasteiger partial charge in [0.05, 0.1) is 5.69 Å². The molecule has 1 aliphatic heterocycles. The first kappa shape index (κ1) is 18.2. The van der Waals surface area contributed by atoms with Crippen LogP contribution in [0.5, 0.6) is 0 Å². The lowest BCUT2D eigenvalue weighted by Crippen LogP contribution is -2.28. The maximum Gasteiger partial charge on any atom is 0.221 e. The number of nitrogens with zero attached hydrogens (tertiary/aromatic N) is 2. The van der Waals surface area contributed by atoms with Crippen LogP contribution in [0.4, 0.5) is 11.4 Å². The number of carbonyl (C=O) groups excluding carboxylic acids is 1. The summed E-state index contributed by atoms with van der Waals surface area (Å²) in [6.07, 6.45) is 2.18. The van der Waals surface area contributed by atoms with Crippen LogP contribution in [0.3, 0.4) is 0 Å². The Kier molecular flexibility index (Phi) is 5.11. The first-order valence-corrected chi connectivity index (χ1v) is 9.77. The van der Waals surface area contributed by atoms with E-state index in [4.69, 9.17) is 0 Å². The first-order valence-electron chi connectivity index (χ1n) is 9.77. The molecule has 3 aromatic rings. The molecule has 1 N–H and O–H groups in total. The Bertz CT molecular complexity index is 995. The summed E-state index contributed by atoms with van der Waals surface area (Å²) in [5.74, 6) is -0.0317. The van der Waals surface area contributed by atoms with E-state index in [2.05, 4.69) is 57.7 Å². The molecule has 0 fully saturated rings. The molecule has 0 aliphatic carbocycles. The highest BCUT2D eigenvalue weighted by molar-refractivity contribution is 5.89. The van der Waals surface area contributed by atoms with E-state index in [1.807, 2.05) is 25.1 Å². The monoisotopic (exact) mass is 371 g/mol. The van der Waals surface area contributed by atoms with E-state index in [9.17, 15) is 4.79 Å². The fourth-order valence-corrected chi connectivity index (χ4v) is 3.83. The SMILES string of the molecule is CC(=O)Nc1ccc2c(c1)CCCN2Cc1ccc(-c2cccc(C)n2)cc1. The van der Waals surface area contributed by atoms with E-state index in [-0.39, 0.29) is 5.91 Å². The van der Waals surface area contributed by atoms with Crippen molar-refractivity contribution < 1.29 is 4.79 Å². The fraction of sp³-hybridized carbons (Fsp3) is 0.250. The summed E-state index contributed by atoms with van der Waals surface area (Å²) in [5, 5.41) is 2.88. The highest BCUT2D eigenvalue weighted by atomic mass is 16.1. The Morgan fingerprint density at radius 2 is 1.93 bits per heavy atom. The van der Waals surface area contributed by atoms with Crippen LogP contribution in [0.15, 0.2) is 60.7 Å². The van der Waals surface area contributed by atoms with Crippen LogP contribution in [0, 0.1) is 6.92 Å². The van der Waals surface area contributed by atoms with Crippen LogP contribution in [-0.4, -0.2) is 17.4 Å². The van der Waals surface area contributed by atoms with Crippen LogP contribution in [-0.2, 0) is 17.8 Å². The quantitative estimate of drug-likeness (QED) is 0.704. The second-order valence-electron chi connectivity index (χ2n) is 7.41. The van der Waals surface area contributed by atoms with Crippen molar-refractivity contribution in [1.29, 1.82) is 0 Å². The first-order chi connectivity index (χ1) is 13.6. The van der Waals surface area contributed by atoms with Crippen LogP contribution in [0.1, 0.15) is 30.2 Å². The molecule has 2 aromatic carbocycles. The van der Waals surface area contributed by atoms with E-state index in [1.54, 1.807) is 6.92 Å². The molecule has 4 heteroatoms. The zero-order chi connectivity index (χ0) is 19.5. The van der Waals surface area contributed by atoms with E-state index in [0.717, 1.165) is 48.6 Å².